The molecule has 2 fully saturated rings. The van der Waals surface area contributed by atoms with Gasteiger partial charge in [-0.1, -0.05) is 48.0 Å². The third-order valence-electron chi connectivity index (χ3n) is 5.88. The molecule has 2 aliphatic rings. The van der Waals surface area contributed by atoms with Gasteiger partial charge in [-0.05, 0) is 37.5 Å². The molecule has 2 saturated heterocycles. The third kappa shape index (κ3) is 4.71. The summed E-state index contributed by atoms with van der Waals surface area (Å²) in [6, 6.07) is 17.3. The second-order valence-electron chi connectivity index (χ2n) is 8.03. The van der Waals surface area contributed by atoms with Crippen LogP contribution in [0.25, 0.3) is 0 Å². The summed E-state index contributed by atoms with van der Waals surface area (Å²) in [6.07, 6.45) is 1.47. The van der Waals surface area contributed by atoms with Gasteiger partial charge < -0.3 is 15.0 Å². The average molecular weight is 408 g/mol. The summed E-state index contributed by atoms with van der Waals surface area (Å²) in [7, 11) is 0. The van der Waals surface area contributed by atoms with Gasteiger partial charge in [0.05, 0.1) is 0 Å². The van der Waals surface area contributed by atoms with Gasteiger partial charge in [0, 0.05) is 38.5 Å². The summed E-state index contributed by atoms with van der Waals surface area (Å²) in [5.74, 6) is 0.0384. The van der Waals surface area contributed by atoms with Crippen LogP contribution in [0.1, 0.15) is 30.0 Å². The molecule has 1 N–H and O–H groups in total. The first-order chi connectivity index (χ1) is 14.6. The van der Waals surface area contributed by atoms with Gasteiger partial charge in [0.25, 0.3) is 5.91 Å². The predicted octanol–water partition coefficient (Wildman–Crippen LogP) is 3.00. The van der Waals surface area contributed by atoms with E-state index in [9.17, 15) is 9.59 Å². The number of ether oxygens (including phenoxy) is 1. The molecule has 30 heavy (non-hydrogen) atoms. The van der Waals surface area contributed by atoms with Crippen molar-refractivity contribution in [2.75, 3.05) is 38.1 Å². The Morgan fingerprint density at radius 1 is 1.00 bits per heavy atom. The van der Waals surface area contributed by atoms with E-state index in [4.69, 9.17) is 4.74 Å². The van der Waals surface area contributed by atoms with E-state index in [-0.39, 0.29) is 17.9 Å². The fourth-order valence-corrected chi connectivity index (χ4v) is 4.19. The van der Waals surface area contributed by atoms with Crippen molar-refractivity contribution in [1.29, 1.82) is 0 Å². The molecular formula is C24H29N3O3. The first kappa shape index (κ1) is 20.6. The first-order valence-corrected chi connectivity index (χ1v) is 10.7. The number of hydrogen-bond donors (Lipinski definition) is 1. The number of rotatable bonds is 5. The van der Waals surface area contributed by atoms with E-state index in [2.05, 4.69) is 10.2 Å². The maximum absolute atomic E-state index is 13.3. The lowest BCUT2D eigenvalue weighted by Crippen LogP contribution is -2.53. The molecule has 2 unspecified atom stereocenters. The van der Waals surface area contributed by atoms with Crippen LogP contribution < -0.4 is 5.32 Å². The van der Waals surface area contributed by atoms with Crippen molar-refractivity contribution in [1.82, 2.24) is 9.80 Å². The molecule has 2 aromatic rings. The fraction of sp³-hybridized carbons (Fsp3) is 0.417. The molecule has 2 aromatic carbocycles. The second kappa shape index (κ2) is 9.41. The van der Waals surface area contributed by atoms with Gasteiger partial charge in [-0.3, -0.25) is 14.5 Å². The Balaban J connectivity index is 1.46. The van der Waals surface area contributed by atoms with E-state index in [1.807, 2.05) is 66.4 Å². The number of aryl methyl sites for hydroxylation is 1. The Hall–Kier alpha value is -2.70. The zero-order chi connectivity index (χ0) is 20.9. The largest absolute Gasteiger partial charge is 0.368 e. The molecule has 2 aliphatic heterocycles. The molecule has 6 nitrogen and oxygen atoms in total. The molecule has 158 valence electrons. The number of nitrogens with one attached hydrogen (secondary N) is 1. The minimum atomic E-state index is -0.396. The van der Waals surface area contributed by atoms with E-state index in [1.165, 1.54) is 0 Å². The molecule has 2 amide bonds. The van der Waals surface area contributed by atoms with Gasteiger partial charge in [-0.2, -0.15) is 0 Å². The molecule has 0 saturated carbocycles. The van der Waals surface area contributed by atoms with Gasteiger partial charge in [0.2, 0.25) is 5.91 Å². The zero-order valence-corrected chi connectivity index (χ0v) is 17.4. The van der Waals surface area contributed by atoms with Gasteiger partial charge in [0.1, 0.15) is 12.1 Å². The van der Waals surface area contributed by atoms with Crippen molar-refractivity contribution in [3.63, 3.8) is 0 Å². The predicted molar refractivity (Wildman–Crippen MR) is 116 cm³/mol. The summed E-state index contributed by atoms with van der Waals surface area (Å²) >= 11 is 0. The van der Waals surface area contributed by atoms with Crippen molar-refractivity contribution in [2.45, 2.75) is 31.9 Å². The SMILES string of the molecule is Cc1ccc(NC(=O)C(c2ccccc2)N2CCN(C(=O)C3CCCO3)CC2)cc1. The highest BCUT2D eigenvalue weighted by atomic mass is 16.5. The maximum atomic E-state index is 13.3. The number of carbonyl (C=O) groups is 2. The highest BCUT2D eigenvalue weighted by molar-refractivity contribution is 5.95. The van der Waals surface area contributed by atoms with E-state index in [0.29, 0.717) is 32.8 Å². The summed E-state index contributed by atoms with van der Waals surface area (Å²) in [5.41, 5.74) is 2.90. The molecule has 2 heterocycles. The monoisotopic (exact) mass is 407 g/mol. The Labute approximate surface area is 177 Å². The lowest BCUT2D eigenvalue weighted by Gasteiger charge is -2.39. The molecule has 6 heteroatoms. The molecule has 4 rings (SSSR count). The minimum absolute atomic E-state index is 0.0519. The van der Waals surface area contributed by atoms with Crippen molar-refractivity contribution in [3.05, 3.63) is 65.7 Å². The summed E-state index contributed by atoms with van der Waals surface area (Å²) < 4.78 is 5.56. The number of anilines is 1. The molecule has 0 spiro atoms. The summed E-state index contributed by atoms with van der Waals surface area (Å²) in [6.45, 7) is 5.22. The Morgan fingerprint density at radius 3 is 2.33 bits per heavy atom. The lowest BCUT2D eigenvalue weighted by atomic mass is 10.0. The van der Waals surface area contributed by atoms with Gasteiger partial charge >= 0.3 is 0 Å². The number of piperazine rings is 1. The fourth-order valence-electron chi connectivity index (χ4n) is 4.19. The third-order valence-corrected chi connectivity index (χ3v) is 5.88. The van der Waals surface area contributed by atoms with Crippen molar-refractivity contribution in [2.24, 2.45) is 0 Å². The number of carbonyl (C=O) groups excluding carboxylic acids is 2. The molecule has 0 aliphatic carbocycles. The van der Waals surface area contributed by atoms with Crippen LogP contribution in [0.15, 0.2) is 54.6 Å². The van der Waals surface area contributed by atoms with E-state index >= 15 is 0 Å². The first-order valence-electron chi connectivity index (χ1n) is 10.7. The minimum Gasteiger partial charge on any atom is -0.368 e. The molecule has 0 bridgehead atoms. The number of benzene rings is 2. The Bertz CT molecular complexity index is 855. The van der Waals surface area contributed by atoms with Crippen LogP contribution in [-0.2, 0) is 14.3 Å². The number of amides is 2. The lowest BCUT2D eigenvalue weighted by molar-refractivity contribution is -0.143. The maximum Gasteiger partial charge on any atom is 0.251 e. The van der Waals surface area contributed by atoms with Crippen molar-refractivity contribution in [3.8, 4) is 0 Å². The average Bonchev–Trinajstić information content (AvgIpc) is 3.31. The number of nitrogens with zero attached hydrogens (tertiary/aromatic N) is 2. The van der Waals surface area contributed by atoms with E-state index in [0.717, 1.165) is 29.7 Å². The van der Waals surface area contributed by atoms with Gasteiger partial charge in [-0.15, -0.1) is 0 Å². The van der Waals surface area contributed by atoms with Gasteiger partial charge in [-0.25, -0.2) is 0 Å². The second-order valence-corrected chi connectivity index (χ2v) is 8.03. The van der Waals surface area contributed by atoms with Crippen molar-refractivity contribution < 1.29 is 14.3 Å². The smallest absolute Gasteiger partial charge is 0.251 e. The quantitative estimate of drug-likeness (QED) is 0.828. The van der Waals surface area contributed by atoms with Crippen LogP contribution in [0, 0.1) is 6.92 Å². The van der Waals surface area contributed by atoms with Crippen LogP contribution in [0.5, 0.6) is 0 Å². The van der Waals surface area contributed by atoms with Crippen LogP contribution in [0.2, 0.25) is 0 Å². The molecular weight excluding hydrogens is 378 g/mol. The van der Waals surface area contributed by atoms with Crippen LogP contribution in [-0.4, -0.2) is 60.5 Å². The topological polar surface area (TPSA) is 61.9 Å². The zero-order valence-electron chi connectivity index (χ0n) is 17.4. The highest BCUT2D eigenvalue weighted by Crippen LogP contribution is 2.25. The summed E-state index contributed by atoms with van der Waals surface area (Å²) in [4.78, 5) is 30.0. The van der Waals surface area contributed by atoms with Gasteiger partial charge in [0.15, 0.2) is 0 Å². The van der Waals surface area contributed by atoms with Crippen LogP contribution in [0.3, 0.4) is 0 Å². The van der Waals surface area contributed by atoms with Crippen molar-refractivity contribution >= 4 is 17.5 Å². The van der Waals surface area contributed by atoms with Crippen LogP contribution >= 0.6 is 0 Å². The van der Waals surface area contributed by atoms with Crippen LogP contribution in [0.4, 0.5) is 5.69 Å². The number of hydrogen-bond acceptors (Lipinski definition) is 4. The molecule has 0 radical (unpaired) electrons. The van der Waals surface area contributed by atoms with E-state index in [1.54, 1.807) is 0 Å². The summed E-state index contributed by atoms with van der Waals surface area (Å²) in [5, 5.41) is 3.06. The Morgan fingerprint density at radius 2 is 1.70 bits per heavy atom. The highest BCUT2D eigenvalue weighted by Gasteiger charge is 2.34. The molecule has 0 aromatic heterocycles. The standard InChI is InChI=1S/C24H29N3O3/c1-18-9-11-20(12-10-18)25-23(28)22(19-6-3-2-4-7-19)26-13-15-27(16-14-26)24(29)21-8-5-17-30-21/h2-4,6-7,9-12,21-22H,5,8,13-17H2,1H3,(H,25,28). The normalized spacial score (nSPS) is 20.7. The molecule has 2 atom stereocenters. The Kier molecular flexibility index (Phi) is 6.45. The van der Waals surface area contributed by atoms with E-state index < -0.39 is 6.04 Å².